The molecule has 1 aromatic carbocycles. The van der Waals surface area contributed by atoms with E-state index in [2.05, 4.69) is 11.1 Å². The molecule has 0 heterocycles. The molecular weight excluding hydrogens is 266 g/mol. The summed E-state index contributed by atoms with van der Waals surface area (Å²) in [4.78, 5) is 0. The highest BCUT2D eigenvalue weighted by Crippen LogP contribution is 2.20. The summed E-state index contributed by atoms with van der Waals surface area (Å²) in [5, 5.41) is 4.79. The molecule has 5 nitrogen and oxygen atoms in total. The second kappa shape index (κ2) is 8.01. The zero-order valence-corrected chi connectivity index (χ0v) is 12.0. The standard InChI is InChI=1S/C13H21NO4S/c1-2-3-4-5-6-10-17-12-8-7-9-13(11-12)18-19(14,15)16/h7-9,11H,2-6,10H2,1H3,(H2,14,15,16). The third-order valence-electron chi connectivity index (χ3n) is 2.53. The lowest BCUT2D eigenvalue weighted by Crippen LogP contribution is -2.18. The first-order valence-corrected chi connectivity index (χ1v) is 7.93. The van der Waals surface area contributed by atoms with E-state index in [1.165, 1.54) is 31.4 Å². The van der Waals surface area contributed by atoms with Crippen LogP contribution >= 0.6 is 0 Å². The van der Waals surface area contributed by atoms with Gasteiger partial charge in [0.1, 0.15) is 11.5 Å². The maximum absolute atomic E-state index is 10.8. The number of unbranched alkanes of at least 4 members (excludes halogenated alkanes) is 4. The minimum atomic E-state index is -3.98. The molecule has 1 aromatic rings. The van der Waals surface area contributed by atoms with Gasteiger partial charge in [-0.2, -0.15) is 13.6 Å². The predicted octanol–water partition coefficient (Wildman–Crippen LogP) is 2.62. The molecule has 1 rings (SSSR count). The second-order valence-electron chi connectivity index (χ2n) is 4.31. The summed E-state index contributed by atoms with van der Waals surface area (Å²) in [6.45, 7) is 2.79. The highest BCUT2D eigenvalue weighted by molar-refractivity contribution is 7.84. The van der Waals surface area contributed by atoms with Gasteiger partial charge in [0.25, 0.3) is 0 Å². The Morgan fingerprint density at radius 2 is 1.79 bits per heavy atom. The predicted molar refractivity (Wildman–Crippen MR) is 74.4 cm³/mol. The maximum atomic E-state index is 10.8. The van der Waals surface area contributed by atoms with Crippen LogP contribution in [0.5, 0.6) is 11.5 Å². The van der Waals surface area contributed by atoms with Crippen molar-refractivity contribution in [1.82, 2.24) is 0 Å². The summed E-state index contributed by atoms with van der Waals surface area (Å²) in [6.07, 6.45) is 5.81. The number of ether oxygens (including phenoxy) is 1. The summed E-state index contributed by atoms with van der Waals surface area (Å²) < 4.78 is 31.7. The third kappa shape index (κ3) is 7.69. The van der Waals surface area contributed by atoms with Crippen LogP contribution in [0.25, 0.3) is 0 Å². The first-order valence-electron chi connectivity index (χ1n) is 6.46. The molecule has 0 bridgehead atoms. The van der Waals surface area contributed by atoms with Crippen LogP contribution in [0, 0.1) is 0 Å². The molecule has 6 heteroatoms. The van der Waals surface area contributed by atoms with Crippen LogP contribution in [0.3, 0.4) is 0 Å². The lowest BCUT2D eigenvalue weighted by atomic mass is 10.2. The van der Waals surface area contributed by atoms with Gasteiger partial charge in [-0.3, -0.25) is 0 Å². The van der Waals surface area contributed by atoms with Gasteiger partial charge >= 0.3 is 10.3 Å². The van der Waals surface area contributed by atoms with Crippen LogP contribution in [0.2, 0.25) is 0 Å². The molecule has 0 fully saturated rings. The fourth-order valence-electron chi connectivity index (χ4n) is 1.65. The Morgan fingerprint density at radius 3 is 2.47 bits per heavy atom. The molecule has 0 atom stereocenters. The highest BCUT2D eigenvalue weighted by Gasteiger charge is 2.05. The van der Waals surface area contributed by atoms with Crippen LogP contribution in [-0.2, 0) is 10.3 Å². The van der Waals surface area contributed by atoms with E-state index in [0.717, 1.165) is 12.8 Å². The molecule has 0 spiro atoms. The van der Waals surface area contributed by atoms with Crippen LogP contribution in [-0.4, -0.2) is 15.0 Å². The molecule has 0 saturated heterocycles. The minimum Gasteiger partial charge on any atom is -0.493 e. The summed E-state index contributed by atoms with van der Waals surface area (Å²) in [5.41, 5.74) is 0. The van der Waals surface area contributed by atoms with Crippen molar-refractivity contribution in [3.8, 4) is 11.5 Å². The largest absolute Gasteiger partial charge is 0.493 e. The number of nitrogens with two attached hydrogens (primary N) is 1. The topological polar surface area (TPSA) is 78.6 Å². The fourth-order valence-corrected chi connectivity index (χ4v) is 2.02. The van der Waals surface area contributed by atoms with Crippen molar-refractivity contribution in [2.24, 2.45) is 5.14 Å². The lowest BCUT2D eigenvalue weighted by molar-refractivity contribution is 0.303. The molecule has 0 aliphatic carbocycles. The Kier molecular flexibility index (Phi) is 6.66. The summed E-state index contributed by atoms with van der Waals surface area (Å²) in [6, 6.07) is 6.43. The molecule has 19 heavy (non-hydrogen) atoms. The molecule has 2 N–H and O–H groups in total. The number of hydrogen-bond acceptors (Lipinski definition) is 4. The molecule has 0 aliphatic heterocycles. The van der Waals surface area contributed by atoms with E-state index in [4.69, 9.17) is 9.88 Å². The second-order valence-corrected chi connectivity index (χ2v) is 5.47. The Labute approximate surface area is 115 Å². The third-order valence-corrected chi connectivity index (χ3v) is 2.96. The molecule has 0 saturated carbocycles. The van der Waals surface area contributed by atoms with Crippen molar-refractivity contribution >= 4 is 10.3 Å². The van der Waals surface area contributed by atoms with Gasteiger partial charge in [0.2, 0.25) is 0 Å². The molecule has 0 amide bonds. The van der Waals surface area contributed by atoms with Crippen LogP contribution in [0.1, 0.15) is 39.0 Å². The van der Waals surface area contributed by atoms with Crippen molar-refractivity contribution < 1.29 is 17.3 Å². The van der Waals surface area contributed by atoms with E-state index in [1.807, 2.05) is 0 Å². The van der Waals surface area contributed by atoms with Gasteiger partial charge in [-0.25, -0.2) is 0 Å². The van der Waals surface area contributed by atoms with E-state index in [1.54, 1.807) is 12.1 Å². The van der Waals surface area contributed by atoms with E-state index >= 15 is 0 Å². The van der Waals surface area contributed by atoms with Crippen LogP contribution < -0.4 is 14.1 Å². The van der Waals surface area contributed by atoms with Gasteiger partial charge in [0.05, 0.1) is 6.61 Å². The van der Waals surface area contributed by atoms with Gasteiger partial charge in [0.15, 0.2) is 0 Å². The average molecular weight is 287 g/mol. The van der Waals surface area contributed by atoms with Gasteiger partial charge in [-0.1, -0.05) is 38.7 Å². The van der Waals surface area contributed by atoms with E-state index in [-0.39, 0.29) is 5.75 Å². The number of rotatable bonds is 9. The summed E-state index contributed by atoms with van der Waals surface area (Å²) in [5.74, 6) is 0.739. The van der Waals surface area contributed by atoms with Crippen molar-refractivity contribution in [2.45, 2.75) is 39.0 Å². The van der Waals surface area contributed by atoms with E-state index in [0.29, 0.717) is 12.4 Å². The first-order chi connectivity index (χ1) is 9.01. The Bertz CT molecular complexity index is 473. The minimum absolute atomic E-state index is 0.158. The molecule has 0 aromatic heterocycles. The van der Waals surface area contributed by atoms with Gasteiger partial charge in [-0.05, 0) is 18.6 Å². The highest BCUT2D eigenvalue weighted by atomic mass is 32.2. The monoisotopic (exact) mass is 287 g/mol. The zero-order chi connectivity index (χ0) is 14.1. The quantitative estimate of drug-likeness (QED) is 0.708. The first kappa shape index (κ1) is 15.8. The molecule has 0 radical (unpaired) electrons. The van der Waals surface area contributed by atoms with Crippen molar-refractivity contribution in [3.63, 3.8) is 0 Å². The van der Waals surface area contributed by atoms with Gasteiger partial charge < -0.3 is 8.92 Å². The van der Waals surface area contributed by atoms with Crippen molar-refractivity contribution in [2.75, 3.05) is 6.61 Å². The molecular formula is C13H21NO4S. The van der Waals surface area contributed by atoms with E-state index < -0.39 is 10.3 Å². The molecule has 0 aliphatic rings. The lowest BCUT2D eigenvalue weighted by Gasteiger charge is -2.08. The van der Waals surface area contributed by atoms with E-state index in [9.17, 15) is 8.42 Å². The Hall–Kier alpha value is -1.27. The Morgan fingerprint density at radius 1 is 1.11 bits per heavy atom. The molecule has 0 unspecified atom stereocenters. The van der Waals surface area contributed by atoms with Crippen molar-refractivity contribution in [1.29, 1.82) is 0 Å². The normalized spacial score (nSPS) is 11.3. The smallest absolute Gasteiger partial charge is 0.380 e. The molecule has 108 valence electrons. The summed E-state index contributed by atoms with van der Waals surface area (Å²) >= 11 is 0. The zero-order valence-electron chi connectivity index (χ0n) is 11.2. The number of benzene rings is 1. The SMILES string of the molecule is CCCCCCCOc1cccc(OS(N)(=O)=O)c1. The average Bonchev–Trinajstić information content (AvgIpc) is 2.32. The number of hydrogen-bond donors (Lipinski definition) is 1. The summed E-state index contributed by atoms with van der Waals surface area (Å²) in [7, 11) is -3.98. The van der Waals surface area contributed by atoms with Gasteiger partial charge in [0, 0.05) is 6.07 Å². The van der Waals surface area contributed by atoms with Gasteiger partial charge in [-0.15, -0.1) is 0 Å². The van der Waals surface area contributed by atoms with Crippen molar-refractivity contribution in [3.05, 3.63) is 24.3 Å². The van der Waals surface area contributed by atoms with Crippen LogP contribution in [0.15, 0.2) is 24.3 Å². The maximum Gasteiger partial charge on any atom is 0.380 e. The van der Waals surface area contributed by atoms with Crippen LogP contribution in [0.4, 0.5) is 0 Å². The fraction of sp³-hybridized carbons (Fsp3) is 0.538. The Balaban J connectivity index is 2.36.